The van der Waals surface area contributed by atoms with E-state index in [0.29, 0.717) is 17.1 Å². The molecular formula is C13H16N4O3S. The molecule has 0 bridgehead atoms. The van der Waals surface area contributed by atoms with Gasteiger partial charge in [0.15, 0.2) is 0 Å². The minimum absolute atomic E-state index is 0.249. The highest BCUT2D eigenvalue weighted by atomic mass is 32.2. The van der Waals surface area contributed by atoms with Gasteiger partial charge in [-0.1, -0.05) is 0 Å². The molecule has 1 aromatic carbocycles. The summed E-state index contributed by atoms with van der Waals surface area (Å²) in [6.45, 7) is 1.82. The van der Waals surface area contributed by atoms with Crippen molar-refractivity contribution in [2.75, 3.05) is 11.0 Å². The second-order valence-electron chi connectivity index (χ2n) is 4.62. The minimum Gasteiger partial charge on any atom is -0.347 e. The van der Waals surface area contributed by atoms with E-state index in [1.54, 1.807) is 24.5 Å². The van der Waals surface area contributed by atoms with E-state index in [4.69, 9.17) is 0 Å². The molecule has 1 amide bonds. The number of anilines is 1. The Bertz CT molecular complexity index is 708. The Kier molecular flexibility index (Phi) is 4.27. The summed E-state index contributed by atoms with van der Waals surface area (Å²) < 4.78 is 24.5. The maximum Gasteiger partial charge on any atom is 0.251 e. The first-order chi connectivity index (χ1) is 9.85. The van der Waals surface area contributed by atoms with Crippen LogP contribution >= 0.6 is 0 Å². The van der Waals surface area contributed by atoms with Crippen LogP contribution in [0.15, 0.2) is 36.7 Å². The van der Waals surface area contributed by atoms with Crippen molar-refractivity contribution >= 4 is 21.6 Å². The Labute approximate surface area is 122 Å². The van der Waals surface area contributed by atoms with Crippen LogP contribution in [0.5, 0.6) is 0 Å². The third kappa shape index (κ3) is 4.32. The molecule has 0 aliphatic carbocycles. The average molecular weight is 308 g/mol. The van der Waals surface area contributed by atoms with E-state index in [1.165, 1.54) is 12.1 Å². The summed E-state index contributed by atoms with van der Waals surface area (Å²) in [6, 6.07) is 5.93. The topological polar surface area (TPSA) is 104 Å². The second-order valence-corrected chi connectivity index (χ2v) is 6.37. The zero-order valence-corrected chi connectivity index (χ0v) is 12.4. The summed E-state index contributed by atoms with van der Waals surface area (Å²) in [6.07, 6.45) is 4.37. The number of rotatable bonds is 5. The van der Waals surface area contributed by atoms with Crippen molar-refractivity contribution in [2.45, 2.75) is 13.0 Å². The number of hydrogen-bond donors (Lipinski definition) is 3. The normalized spacial score (nSPS) is 12.7. The van der Waals surface area contributed by atoms with E-state index in [1.807, 2.05) is 6.92 Å². The number of hydrogen-bond acceptors (Lipinski definition) is 4. The first-order valence-electron chi connectivity index (χ1n) is 6.23. The predicted octanol–water partition coefficient (Wildman–Crippen LogP) is 1.27. The van der Waals surface area contributed by atoms with Crippen molar-refractivity contribution in [3.8, 4) is 0 Å². The molecule has 8 heteroatoms. The van der Waals surface area contributed by atoms with E-state index in [9.17, 15) is 13.2 Å². The third-order valence-corrected chi connectivity index (χ3v) is 3.33. The zero-order chi connectivity index (χ0) is 15.5. The van der Waals surface area contributed by atoms with Crippen molar-refractivity contribution in [1.29, 1.82) is 0 Å². The molecule has 0 aliphatic rings. The summed E-state index contributed by atoms with van der Waals surface area (Å²) in [5, 5.41) is 2.79. The lowest BCUT2D eigenvalue weighted by Gasteiger charge is -2.12. The molecule has 1 unspecified atom stereocenters. The molecule has 3 N–H and O–H groups in total. The monoisotopic (exact) mass is 308 g/mol. The number of imidazole rings is 1. The SMILES string of the molecule is CC(NC(=O)c1ccc(NS(C)(=O)=O)cc1)c1ncc[nH]1. The molecule has 0 aliphatic heterocycles. The van der Waals surface area contributed by atoms with Crippen LogP contribution in [0, 0.1) is 0 Å². The molecule has 1 aromatic heterocycles. The average Bonchev–Trinajstić information content (AvgIpc) is 2.91. The highest BCUT2D eigenvalue weighted by molar-refractivity contribution is 7.92. The predicted molar refractivity (Wildman–Crippen MR) is 79.4 cm³/mol. The summed E-state index contributed by atoms with van der Waals surface area (Å²) >= 11 is 0. The molecule has 112 valence electrons. The van der Waals surface area contributed by atoms with Gasteiger partial charge in [-0.05, 0) is 31.2 Å². The van der Waals surface area contributed by atoms with Gasteiger partial charge >= 0.3 is 0 Å². The van der Waals surface area contributed by atoms with Gasteiger partial charge in [-0.3, -0.25) is 9.52 Å². The Hall–Kier alpha value is -2.35. The van der Waals surface area contributed by atoms with E-state index >= 15 is 0 Å². The molecule has 21 heavy (non-hydrogen) atoms. The smallest absolute Gasteiger partial charge is 0.251 e. The van der Waals surface area contributed by atoms with Gasteiger partial charge in [0, 0.05) is 23.6 Å². The van der Waals surface area contributed by atoms with Crippen LogP contribution in [0.1, 0.15) is 29.1 Å². The molecule has 1 atom stereocenters. The summed E-state index contributed by atoms with van der Waals surface area (Å²) in [4.78, 5) is 19.1. The van der Waals surface area contributed by atoms with Crippen LogP contribution in [0.3, 0.4) is 0 Å². The number of carbonyl (C=O) groups is 1. The third-order valence-electron chi connectivity index (χ3n) is 2.73. The van der Waals surface area contributed by atoms with Gasteiger partial charge in [-0.15, -0.1) is 0 Å². The molecular weight excluding hydrogens is 292 g/mol. The van der Waals surface area contributed by atoms with Gasteiger partial charge in [-0.2, -0.15) is 0 Å². The fraction of sp³-hybridized carbons (Fsp3) is 0.231. The number of nitrogens with zero attached hydrogens (tertiary/aromatic N) is 1. The Morgan fingerprint density at radius 3 is 2.48 bits per heavy atom. The number of nitrogens with one attached hydrogen (secondary N) is 3. The van der Waals surface area contributed by atoms with Gasteiger partial charge in [0.1, 0.15) is 5.82 Å². The van der Waals surface area contributed by atoms with Gasteiger partial charge in [-0.25, -0.2) is 13.4 Å². The van der Waals surface area contributed by atoms with Crippen LogP contribution in [-0.2, 0) is 10.0 Å². The highest BCUT2D eigenvalue weighted by Crippen LogP contribution is 2.12. The Morgan fingerprint density at radius 1 is 1.29 bits per heavy atom. The van der Waals surface area contributed by atoms with Crippen molar-refractivity contribution < 1.29 is 13.2 Å². The Morgan fingerprint density at radius 2 is 1.95 bits per heavy atom. The van der Waals surface area contributed by atoms with E-state index in [2.05, 4.69) is 20.0 Å². The van der Waals surface area contributed by atoms with E-state index in [-0.39, 0.29) is 11.9 Å². The number of benzene rings is 1. The number of aromatic amines is 1. The molecule has 2 aromatic rings. The minimum atomic E-state index is -3.32. The van der Waals surface area contributed by atoms with Gasteiger partial charge in [0.2, 0.25) is 10.0 Å². The van der Waals surface area contributed by atoms with Crippen LogP contribution < -0.4 is 10.0 Å². The molecule has 0 fully saturated rings. The molecule has 0 radical (unpaired) electrons. The van der Waals surface area contributed by atoms with Crippen molar-refractivity contribution in [3.63, 3.8) is 0 Å². The molecule has 0 spiro atoms. The molecule has 2 rings (SSSR count). The molecule has 7 nitrogen and oxygen atoms in total. The van der Waals surface area contributed by atoms with Gasteiger partial charge in [0.25, 0.3) is 5.91 Å². The number of aromatic nitrogens is 2. The quantitative estimate of drug-likeness (QED) is 0.773. The lowest BCUT2D eigenvalue weighted by Crippen LogP contribution is -2.27. The maximum absolute atomic E-state index is 12.1. The summed E-state index contributed by atoms with van der Waals surface area (Å²) in [5.41, 5.74) is 0.848. The van der Waals surface area contributed by atoms with Gasteiger partial charge in [0.05, 0.1) is 12.3 Å². The molecule has 0 saturated heterocycles. The maximum atomic E-state index is 12.1. The van der Waals surface area contributed by atoms with Crippen LogP contribution in [0.4, 0.5) is 5.69 Å². The number of amides is 1. The molecule has 0 saturated carbocycles. The fourth-order valence-electron chi connectivity index (χ4n) is 1.77. The van der Waals surface area contributed by atoms with E-state index in [0.717, 1.165) is 6.26 Å². The number of H-pyrrole nitrogens is 1. The van der Waals surface area contributed by atoms with E-state index < -0.39 is 10.0 Å². The van der Waals surface area contributed by atoms with Crippen LogP contribution in [-0.4, -0.2) is 30.5 Å². The van der Waals surface area contributed by atoms with Crippen molar-refractivity contribution in [1.82, 2.24) is 15.3 Å². The summed E-state index contributed by atoms with van der Waals surface area (Å²) in [7, 11) is -3.32. The van der Waals surface area contributed by atoms with Crippen LogP contribution in [0.25, 0.3) is 0 Å². The lowest BCUT2D eigenvalue weighted by atomic mass is 10.2. The Balaban J connectivity index is 2.03. The fourth-order valence-corrected chi connectivity index (χ4v) is 2.33. The number of sulfonamides is 1. The highest BCUT2D eigenvalue weighted by Gasteiger charge is 2.13. The summed E-state index contributed by atoms with van der Waals surface area (Å²) in [5.74, 6) is 0.406. The van der Waals surface area contributed by atoms with Crippen molar-refractivity contribution in [3.05, 3.63) is 48.0 Å². The zero-order valence-electron chi connectivity index (χ0n) is 11.6. The second kappa shape index (κ2) is 5.96. The standard InChI is InChI=1S/C13H16N4O3S/c1-9(12-14-7-8-15-12)16-13(18)10-3-5-11(6-4-10)17-21(2,19)20/h3-9,17H,1-2H3,(H,14,15)(H,16,18). The largest absolute Gasteiger partial charge is 0.347 e. The van der Waals surface area contributed by atoms with Gasteiger partial charge < -0.3 is 10.3 Å². The molecule has 1 heterocycles. The number of carbonyl (C=O) groups excluding carboxylic acids is 1. The van der Waals surface area contributed by atoms with Crippen molar-refractivity contribution in [2.24, 2.45) is 0 Å². The first kappa shape index (κ1) is 15.0. The first-order valence-corrected chi connectivity index (χ1v) is 8.12. The lowest BCUT2D eigenvalue weighted by molar-refractivity contribution is 0.0938. The van der Waals surface area contributed by atoms with Crippen LogP contribution in [0.2, 0.25) is 0 Å².